The number of aryl methyl sites for hydroxylation is 1. The molecule has 0 radical (unpaired) electrons. The number of rotatable bonds is 5. The zero-order chi connectivity index (χ0) is 16.4. The van der Waals surface area contributed by atoms with Crippen LogP contribution in [0.3, 0.4) is 0 Å². The van der Waals surface area contributed by atoms with Crippen molar-refractivity contribution in [2.45, 2.75) is 40.8 Å². The predicted molar refractivity (Wildman–Crippen MR) is 92.6 cm³/mol. The second kappa shape index (κ2) is 6.41. The minimum atomic E-state index is 0.512. The van der Waals surface area contributed by atoms with Crippen LogP contribution in [0.1, 0.15) is 30.7 Å². The van der Waals surface area contributed by atoms with Gasteiger partial charge in [0.25, 0.3) is 0 Å². The highest BCUT2D eigenvalue weighted by Crippen LogP contribution is 2.31. The maximum Gasteiger partial charge on any atom is 0.147 e. The predicted octanol–water partition coefficient (Wildman–Crippen LogP) is 4.28. The third-order valence-electron chi connectivity index (χ3n) is 4.12. The quantitative estimate of drug-likeness (QED) is 0.706. The average Bonchev–Trinajstić information content (AvgIpc) is 2.79. The zero-order valence-electron chi connectivity index (χ0n) is 14.2. The summed E-state index contributed by atoms with van der Waals surface area (Å²) in [6.07, 6.45) is 5.43. The lowest BCUT2D eigenvalue weighted by Crippen LogP contribution is -2.07. The lowest BCUT2D eigenvalue weighted by Gasteiger charge is -2.14. The van der Waals surface area contributed by atoms with Crippen molar-refractivity contribution in [3.63, 3.8) is 0 Å². The fourth-order valence-electron chi connectivity index (χ4n) is 2.87. The minimum Gasteiger partial charge on any atom is -0.487 e. The molecule has 120 valence electrons. The molecule has 4 heteroatoms. The number of hydrogen-bond acceptors (Lipinski definition) is 3. The number of nitrogens with zero attached hydrogens (tertiary/aromatic N) is 3. The van der Waals surface area contributed by atoms with Gasteiger partial charge >= 0.3 is 0 Å². The van der Waals surface area contributed by atoms with Gasteiger partial charge in [0.2, 0.25) is 0 Å². The van der Waals surface area contributed by atoms with E-state index in [-0.39, 0.29) is 0 Å². The van der Waals surface area contributed by atoms with Crippen LogP contribution in [0.4, 0.5) is 0 Å². The minimum absolute atomic E-state index is 0.512. The van der Waals surface area contributed by atoms with Crippen LogP contribution in [0.25, 0.3) is 11.0 Å². The van der Waals surface area contributed by atoms with Crippen LogP contribution in [0.15, 0.2) is 36.8 Å². The van der Waals surface area contributed by atoms with E-state index in [1.54, 1.807) is 6.20 Å². The van der Waals surface area contributed by atoms with Gasteiger partial charge in [0.15, 0.2) is 0 Å². The summed E-state index contributed by atoms with van der Waals surface area (Å²) in [6.45, 7) is 10.2. The largest absolute Gasteiger partial charge is 0.487 e. The van der Waals surface area contributed by atoms with Crippen molar-refractivity contribution in [1.82, 2.24) is 14.5 Å². The van der Waals surface area contributed by atoms with Crippen molar-refractivity contribution in [1.29, 1.82) is 0 Å². The molecular formula is C19H23N3O. The summed E-state index contributed by atoms with van der Waals surface area (Å²) in [4.78, 5) is 8.71. The molecule has 0 saturated heterocycles. The Bertz CT molecular complexity index is 806. The molecule has 0 aliphatic carbocycles. The highest BCUT2D eigenvalue weighted by Gasteiger charge is 2.17. The summed E-state index contributed by atoms with van der Waals surface area (Å²) in [6, 6.07) is 5.90. The lowest BCUT2D eigenvalue weighted by molar-refractivity contribution is 0.307. The summed E-state index contributed by atoms with van der Waals surface area (Å²) in [5, 5.41) is 0. The van der Waals surface area contributed by atoms with E-state index in [1.807, 2.05) is 30.6 Å². The van der Waals surface area contributed by atoms with Crippen molar-refractivity contribution < 1.29 is 4.74 Å². The standard InChI is InChI=1S/C19H23N3O/c1-13(2)11-22-15(4)14(3)18-19(22)17(7-9-21-18)23-12-16-6-5-8-20-10-16/h5-10,13H,11-12H2,1-4H3. The number of hydrogen-bond donors (Lipinski definition) is 0. The molecule has 0 fully saturated rings. The van der Waals surface area contributed by atoms with E-state index in [9.17, 15) is 0 Å². The van der Waals surface area contributed by atoms with Gasteiger partial charge in [0, 0.05) is 42.5 Å². The van der Waals surface area contributed by atoms with Gasteiger partial charge in [-0.2, -0.15) is 0 Å². The molecule has 0 atom stereocenters. The molecule has 3 aromatic rings. The van der Waals surface area contributed by atoms with E-state index in [1.165, 1.54) is 11.3 Å². The molecular weight excluding hydrogens is 286 g/mol. The molecule has 23 heavy (non-hydrogen) atoms. The van der Waals surface area contributed by atoms with E-state index >= 15 is 0 Å². The van der Waals surface area contributed by atoms with Gasteiger partial charge in [-0.05, 0) is 31.4 Å². The topological polar surface area (TPSA) is 39.9 Å². The number of pyridine rings is 2. The fraction of sp³-hybridized carbons (Fsp3) is 0.368. The summed E-state index contributed by atoms with van der Waals surface area (Å²) in [7, 11) is 0. The van der Waals surface area contributed by atoms with Gasteiger partial charge in [0.05, 0.1) is 5.52 Å². The molecule has 3 heterocycles. The molecule has 0 amide bonds. The summed E-state index contributed by atoms with van der Waals surface area (Å²) in [5.41, 5.74) is 5.69. The van der Waals surface area contributed by atoms with Gasteiger partial charge in [-0.15, -0.1) is 0 Å². The van der Waals surface area contributed by atoms with Crippen LogP contribution in [0.2, 0.25) is 0 Å². The first kappa shape index (κ1) is 15.5. The van der Waals surface area contributed by atoms with Crippen molar-refractivity contribution in [2.75, 3.05) is 0 Å². The first-order valence-electron chi connectivity index (χ1n) is 8.04. The van der Waals surface area contributed by atoms with Crippen molar-refractivity contribution in [3.05, 3.63) is 53.6 Å². The molecule has 0 bridgehead atoms. The van der Waals surface area contributed by atoms with E-state index in [0.29, 0.717) is 12.5 Å². The maximum atomic E-state index is 6.10. The normalized spacial score (nSPS) is 11.3. The van der Waals surface area contributed by atoms with Crippen LogP contribution in [-0.4, -0.2) is 14.5 Å². The Morgan fingerprint density at radius 3 is 2.70 bits per heavy atom. The zero-order valence-corrected chi connectivity index (χ0v) is 14.2. The summed E-state index contributed by atoms with van der Waals surface area (Å²) < 4.78 is 8.43. The van der Waals surface area contributed by atoms with Crippen LogP contribution in [0.5, 0.6) is 5.75 Å². The first-order chi connectivity index (χ1) is 11.1. The Balaban J connectivity index is 2.01. The molecule has 0 spiro atoms. The van der Waals surface area contributed by atoms with E-state index in [0.717, 1.165) is 28.9 Å². The van der Waals surface area contributed by atoms with Crippen LogP contribution in [-0.2, 0) is 13.2 Å². The third kappa shape index (κ3) is 3.07. The van der Waals surface area contributed by atoms with Gasteiger partial charge in [0.1, 0.15) is 17.9 Å². The van der Waals surface area contributed by atoms with E-state index in [2.05, 4.69) is 42.2 Å². The fourth-order valence-corrected chi connectivity index (χ4v) is 2.87. The Morgan fingerprint density at radius 2 is 2.00 bits per heavy atom. The second-order valence-corrected chi connectivity index (χ2v) is 6.37. The Kier molecular flexibility index (Phi) is 4.33. The average molecular weight is 309 g/mol. The van der Waals surface area contributed by atoms with Gasteiger partial charge in [-0.1, -0.05) is 19.9 Å². The second-order valence-electron chi connectivity index (χ2n) is 6.37. The van der Waals surface area contributed by atoms with Crippen molar-refractivity contribution in [3.8, 4) is 5.75 Å². The molecule has 0 N–H and O–H groups in total. The number of aromatic nitrogens is 3. The Morgan fingerprint density at radius 1 is 1.17 bits per heavy atom. The van der Waals surface area contributed by atoms with E-state index in [4.69, 9.17) is 4.74 Å². The smallest absolute Gasteiger partial charge is 0.147 e. The monoisotopic (exact) mass is 309 g/mol. The Labute approximate surface area is 137 Å². The molecule has 0 aromatic carbocycles. The molecule has 3 aromatic heterocycles. The Hall–Kier alpha value is -2.36. The highest BCUT2D eigenvalue weighted by atomic mass is 16.5. The lowest BCUT2D eigenvalue weighted by atomic mass is 10.2. The number of ether oxygens (including phenoxy) is 1. The molecule has 0 unspecified atom stereocenters. The molecule has 3 rings (SSSR count). The summed E-state index contributed by atoms with van der Waals surface area (Å²) in [5.74, 6) is 1.45. The van der Waals surface area contributed by atoms with E-state index < -0.39 is 0 Å². The highest BCUT2D eigenvalue weighted by molar-refractivity contribution is 5.86. The maximum absolute atomic E-state index is 6.10. The molecule has 0 saturated carbocycles. The SMILES string of the molecule is Cc1c(C)n(CC(C)C)c2c(OCc3cccnc3)ccnc12. The van der Waals surface area contributed by atoms with Crippen molar-refractivity contribution in [2.24, 2.45) is 5.92 Å². The van der Waals surface area contributed by atoms with Crippen molar-refractivity contribution >= 4 is 11.0 Å². The molecule has 4 nitrogen and oxygen atoms in total. The first-order valence-corrected chi connectivity index (χ1v) is 8.04. The van der Waals surface area contributed by atoms with Crippen LogP contribution >= 0.6 is 0 Å². The third-order valence-corrected chi connectivity index (χ3v) is 4.12. The van der Waals surface area contributed by atoms with Gasteiger partial charge in [-0.25, -0.2) is 0 Å². The molecule has 0 aliphatic rings. The number of fused-ring (bicyclic) bond motifs is 1. The van der Waals surface area contributed by atoms with Crippen LogP contribution < -0.4 is 4.74 Å². The van der Waals surface area contributed by atoms with Gasteiger partial charge in [-0.3, -0.25) is 9.97 Å². The van der Waals surface area contributed by atoms with Gasteiger partial charge < -0.3 is 9.30 Å². The summed E-state index contributed by atoms with van der Waals surface area (Å²) >= 11 is 0. The van der Waals surface area contributed by atoms with Crippen LogP contribution in [0, 0.1) is 19.8 Å². The molecule has 0 aliphatic heterocycles.